The van der Waals surface area contributed by atoms with Gasteiger partial charge >= 0.3 is 0 Å². The molecule has 4 nitrogen and oxygen atoms in total. The first-order chi connectivity index (χ1) is 9.06. The molecule has 0 bridgehead atoms. The quantitative estimate of drug-likeness (QED) is 0.890. The van der Waals surface area contributed by atoms with E-state index in [-0.39, 0.29) is 6.10 Å². The molecule has 1 aliphatic rings. The van der Waals surface area contributed by atoms with E-state index in [0.717, 1.165) is 31.1 Å². The van der Waals surface area contributed by atoms with Gasteiger partial charge in [0.25, 0.3) is 0 Å². The normalized spacial score (nSPS) is 25.7. The van der Waals surface area contributed by atoms with Crippen molar-refractivity contribution in [1.29, 1.82) is 0 Å². The summed E-state index contributed by atoms with van der Waals surface area (Å²) >= 11 is 0. The average Bonchev–Trinajstić information content (AvgIpc) is 2.75. The lowest BCUT2D eigenvalue weighted by Gasteiger charge is -2.30. The molecule has 1 heterocycles. The monoisotopic (exact) mass is 265 g/mol. The first-order valence-electron chi connectivity index (χ1n) is 7.61. The van der Waals surface area contributed by atoms with Crippen LogP contribution in [0.2, 0.25) is 0 Å². The molecule has 0 spiro atoms. The van der Waals surface area contributed by atoms with E-state index in [1.54, 1.807) is 6.33 Å². The second kappa shape index (κ2) is 6.51. The third-order valence-corrected chi connectivity index (χ3v) is 4.15. The molecule has 0 aromatic carbocycles. The Kier molecular flexibility index (Phi) is 4.97. The van der Waals surface area contributed by atoms with Crippen LogP contribution in [-0.4, -0.2) is 26.0 Å². The van der Waals surface area contributed by atoms with E-state index in [1.165, 1.54) is 12.8 Å². The van der Waals surface area contributed by atoms with Crippen LogP contribution in [0.1, 0.15) is 52.3 Å². The smallest absolute Gasteiger partial charge is 0.138 e. The van der Waals surface area contributed by atoms with Crippen LogP contribution in [0.3, 0.4) is 0 Å². The lowest BCUT2D eigenvalue weighted by atomic mass is 9.79. The maximum absolute atomic E-state index is 10.4. The Bertz CT molecular complexity index is 388. The van der Waals surface area contributed by atoms with Gasteiger partial charge in [-0.05, 0) is 30.6 Å². The van der Waals surface area contributed by atoms with E-state index < -0.39 is 0 Å². The highest BCUT2D eigenvalue weighted by Gasteiger charge is 2.26. The highest BCUT2D eigenvalue weighted by atomic mass is 16.3. The van der Waals surface area contributed by atoms with Crippen molar-refractivity contribution >= 4 is 0 Å². The van der Waals surface area contributed by atoms with E-state index in [1.807, 2.05) is 4.68 Å². The van der Waals surface area contributed by atoms with E-state index >= 15 is 0 Å². The van der Waals surface area contributed by atoms with Crippen LogP contribution >= 0.6 is 0 Å². The van der Waals surface area contributed by atoms with Crippen molar-refractivity contribution in [2.75, 3.05) is 0 Å². The van der Waals surface area contributed by atoms with Crippen molar-refractivity contribution in [2.45, 2.75) is 65.5 Å². The lowest BCUT2D eigenvalue weighted by molar-refractivity contribution is 0.0693. The van der Waals surface area contributed by atoms with Crippen molar-refractivity contribution in [2.24, 2.45) is 17.8 Å². The Balaban J connectivity index is 1.94. The minimum atomic E-state index is -0.266. The van der Waals surface area contributed by atoms with Gasteiger partial charge in [0.2, 0.25) is 0 Å². The summed E-state index contributed by atoms with van der Waals surface area (Å²) in [4.78, 5) is 4.31. The van der Waals surface area contributed by atoms with Gasteiger partial charge in [0, 0.05) is 13.0 Å². The average molecular weight is 265 g/mol. The Morgan fingerprint density at radius 3 is 2.89 bits per heavy atom. The molecule has 0 aliphatic heterocycles. The van der Waals surface area contributed by atoms with E-state index in [4.69, 9.17) is 0 Å². The number of aromatic nitrogens is 3. The van der Waals surface area contributed by atoms with Gasteiger partial charge in [0.15, 0.2) is 0 Å². The lowest BCUT2D eigenvalue weighted by Crippen LogP contribution is -2.29. The Morgan fingerprint density at radius 1 is 1.42 bits per heavy atom. The number of rotatable bonds is 5. The Labute approximate surface area is 116 Å². The standard InChI is InChI=1S/C15H27N3O/c1-11(2)9-18-15(16-10-17-18)8-14(19)13-6-4-5-12(3)7-13/h10-14,19H,4-9H2,1-3H3. The predicted octanol–water partition coefficient (Wildman–Crippen LogP) is 2.66. The molecule has 3 atom stereocenters. The fraction of sp³-hybridized carbons (Fsp3) is 0.867. The topological polar surface area (TPSA) is 50.9 Å². The summed E-state index contributed by atoms with van der Waals surface area (Å²) in [7, 11) is 0. The minimum Gasteiger partial charge on any atom is -0.392 e. The highest BCUT2D eigenvalue weighted by molar-refractivity contribution is 4.90. The maximum atomic E-state index is 10.4. The van der Waals surface area contributed by atoms with Gasteiger partial charge < -0.3 is 5.11 Å². The molecule has 0 saturated heterocycles. The predicted molar refractivity (Wildman–Crippen MR) is 75.7 cm³/mol. The summed E-state index contributed by atoms with van der Waals surface area (Å²) in [6.07, 6.45) is 6.85. The molecule has 1 N–H and O–H groups in total. The van der Waals surface area contributed by atoms with Crippen LogP contribution in [0.5, 0.6) is 0 Å². The SMILES string of the molecule is CC(C)Cn1ncnc1CC(O)C1CCCC(C)C1. The molecule has 4 heteroatoms. The molecule has 3 unspecified atom stereocenters. The van der Waals surface area contributed by atoms with Gasteiger partial charge in [-0.15, -0.1) is 0 Å². The zero-order valence-corrected chi connectivity index (χ0v) is 12.4. The third kappa shape index (κ3) is 4.03. The fourth-order valence-corrected chi connectivity index (χ4v) is 3.13. The van der Waals surface area contributed by atoms with Gasteiger partial charge in [-0.2, -0.15) is 5.10 Å². The highest BCUT2D eigenvalue weighted by Crippen LogP contribution is 2.31. The van der Waals surface area contributed by atoms with Crippen molar-refractivity contribution < 1.29 is 5.11 Å². The van der Waals surface area contributed by atoms with E-state index in [2.05, 4.69) is 30.9 Å². The second-order valence-corrected chi connectivity index (χ2v) is 6.56. The number of aliphatic hydroxyl groups excluding tert-OH is 1. The minimum absolute atomic E-state index is 0.266. The molecule has 0 radical (unpaired) electrons. The molecule has 1 aromatic rings. The Morgan fingerprint density at radius 2 is 2.21 bits per heavy atom. The molecule has 1 fully saturated rings. The molecular weight excluding hydrogens is 238 g/mol. The molecule has 108 valence electrons. The fourth-order valence-electron chi connectivity index (χ4n) is 3.13. The first-order valence-corrected chi connectivity index (χ1v) is 7.61. The number of nitrogens with zero attached hydrogens (tertiary/aromatic N) is 3. The van der Waals surface area contributed by atoms with Crippen LogP contribution < -0.4 is 0 Å². The van der Waals surface area contributed by atoms with Gasteiger partial charge in [-0.1, -0.05) is 33.6 Å². The third-order valence-electron chi connectivity index (χ3n) is 4.15. The van der Waals surface area contributed by atoms with Crippen molar-refractivity contribution in [3.63, 3.8) is 0 Å². The summed E-state index contributed by atoms with van der Waals surface area (Å²) in [6, 6.07) is 0. The van der Waals surface area contributed by atoms with Gasteiger partial charge in [0.1, 0.15) is 12.2 Å². The molecule has 1 aromatic heterocycles. The molecule has 0 amide bonds. The van der Waals surface area contributed by atoms with Crippen molar-refractivity contribution in [1.82, 2.24) is 14.8 Å². The number of hydrogen-bond donors (Lipinski definition) is 1. The number of aliphatic hydroxyl groups is 1. The summed E-state index contributed by atoms with van der Waals surface area (Å²) in [5.74, 6) is 2.67. The van der Waals surface area contributed by atoms with Crippen LogP contribution in [0.15, 0.2) is 6.33 Å². The number of hydrogen-bond acceptors (Lipinski definition) is 3. The van der Waals surface area contributed by atoms with Crippen LogP contribution in [0, 0.1) is 17.8 Å². The second-order valence-electron chi connectivity index (χ2n) is 6.56. The molecule has 19 heavy (non-hydrogen) atoms. The van der Waals surface area contributed by atoms with Crippen molar-refractivity contribution in [3.05, 3.63) is 12.2 Å². The summed E-state index contributed by atoms with van der Waals surface area (Å²) < 4.78 is 1.94. The van der Waals surface area contributed by atoms with Crippen LogP contribution in [0.25, 0.3) is 0 Å². The molecular formula is C15H27N3O. The van der Waals surface area contributed by atoms with Crippen LogP contribution in [0.4, 0.5) is 0 Å². The largest absolute Gasteiger partial charge is 0.392 e. The van der Waals surface area contributed by atoms with Gasteiger partial charge in [-0.25, -0.2) is 9.67 Å². The van der Waals surface area contributed by atoms with Crippen LogP contribution in [-0.2, 0) is 13.0 Å². The molecule has 1 aliphatic carbocycles. The van der Waals surface area contributed by atoms with E-state index in [0.29, 0.717) is 18.3 Å². The summed E-state index contributed by atoms with van der Waals surface area (Å²) in [5, 5.41) is 14.7. The summed E-state index contributed by atoms with van der Waals surface area (Å²) in [5.41, 5.74) is 0. The van der Waals surface area contributed by atoms with E-state index in [9.17, 15) is 5.11 Å². The maximum Gasteiger partial charge on any atom is 0.138 e. The Hall–Kier alpha value is -0.900. The van der Waals surface area contributed by atoms with Gasteiger partial charge in [-0.3, -0.25) is 0 Å². The zero-order chi connectivity index (χ0) is 13.8. The summed E-state index contributed by atoms with van der Waals surface area (Å²) in [6.45, 7) is 7.51. The first kappa shape index (κ1) is 14.5. The van der Waals surface area contributed by atoms with Gasteiger partial charge in [0.05, 0.1) is 6.10 Å². The zero-order valence-electron chi connectivity index (χ0n) is 12.4. The van der Waals surface area contributed by atoms with Crippen molar-refractivity contribution in [3.8, 4) is 0 Å². The molecule has 1 saturated carbocycles. The molecule has 2 rings (SSSR count).